The molecular formula is C19H25N5O3. The highest BCUT2D eigenvalue weighted by atomic mass is 16.5. The number of hydrogen-bond acceptors (Lipinski definition) is 5. The van der Waals surface area contributed by atoms with Gasteiger partial charge in [0, 0.05) is 32.4 Å². The third-order valence-corrected chi connectivity index (χ3v) is 4.62. The maximum absolute atomic E-state index is 12.3. The highest BCUT2D eigenvalue weighted by Gasteiger charge is 2.27. The molecule has 2 heterocycles. The van der Waals surface area contributed by atoms with Crippen LogP contribution in [0.4, 0.5) is 5.69 Å². The van der Waals surface area contributed by atoms with E-state index in [0.717, 1.165) is 22.8 Å². The SMILES string of the molecule is Cc1cc(CNC(=O)C[C@@H]2COc3ccc(C(=O)N(C)C)cc3N2C)n[nH]1. The van der Waals surface area contributed by atoms with E-state index in [4.69, 9.17) is 4.74 Å². The summed E-state index contributed by atoms with van der Waals surface area (Å²) in [6.07, 6.45) is 0.297. The topological polar surface area (TPSA) is 90.6 Å². The molecule has 1 aromatic heterocycles. The summed E-state index contributed by atoms with van der Waals surface area (Å²) in [4.78, 5) is 28.1. The number of carbonyl (C=O) groups excluding carboxylic acids is 2. The van der Waals surface area contributed by atoms with Crippen molar-refractivity contribution in [3.8, 4) is 5.75 Å². The van der Waals surface area contributed by atoms with Gasteiger partial charge in [0.2, 0.25) is 5.91 Å². The van der Waals surface area contributed by atoms with Gasteiger partial charge in [-0.3, -0.25) is 14.7 Å². The second-order valence-electron chi connectivity index (χ2n) is 6.98. The van der Waals surface area contributed by atoms with Gasteiger partial charge >= 0.3 is 0 Å². The normalized spacial score (nSPS) is 15.7. The van der Waals surface area contributed by atoms with Crippen LogP contribution in [-0.2, 0) is 11.3 Å². The molecule has 0 unspecified atom stereocenters. The van der Waals surface area contributed by atoms with Gasteiger partial charge in [-0.2, -0.15) is 5.10 Å². The van der Waals surface area contributed by atoms with Crippen LogP contribution in [0.3, 0.4) is 0 Å². The van der Waals surface area contributed by atoms with Gasteiger partial charge in [-0.1, -0.05) is 0 Å². The fraction of sp³-hybridized carbons (Fsp3) is 0.421. The molecule has 2 amide bonds. The van der Waals surface area contributed by atoms with Gasteiger partial charge in [0.05, 0.1) is 30.4 Å². The summed E-state index contributed by atoms with van der Waals surface area (Å²) in [6, 6.07) is 7.17. The third-order valence-electron chi connectivity index (χ3n) is 4.62. The van der Waals surface area contributed by atoms with Crippen molar-refractivity contribution < 1.29 is 14.3 Å². The molecule has 144 valence electrons. The van der Waals surface area contributed by atoms with Crippen molar-refractivity contribution >= 4 is 17.5 Å². The lowest BCUT2D eigenvalue weighted by molar-refractivity contribution is -0.121. The Labute approximate surface area is 158 Å². The Morgan fingerprint density at radius 2 is 2.15 bits per heavy atom. The van der Waals surface area contributed by atoms with Crippen molar-refractivity contribution in [2.75, 3.05) is 32.6 Å². The number of H-pyrrole nitrogens is 1. The highest BCUT2D eigenvalue weighted by molar-refractivity contribution is 5.95. The van der Waals surface area contributed by atoms with Crippen molar-refractivity contribution in [1.29, 1.82) is 0 Å². The van der Waals surface area contributed by atoms with Crippen molar-refractivity contribution in [2.24, 2.45) is 0 Å². The van der Waals surface area contributed by atoms with Crippen molar-refractivity contribution in [2.45, 2.75) is 25.9 Å². The fourth-order valence-electron chi connectivity index (χ4n) is 3.04. The molecule has 0 saturated carbocycles. The molecule has 27 heavy (non-hydrogen) atoms. The molecule has 1 aliphatic heterocycles. The van der Waals surface area contributed by atoms with Crippen molar-refractivity contribution in [3.63, 3.8) is 0 Å². The smallest absolute Gasteiger partial charge is 0.253 e. The maximum Gasteiger partial charge on any atom is 0.253 e. The van der Waals surface area contributed by atoms with E-state index in [1.807, 2.05) is 31.0 Å². The van der Waals surface area contributed by atoms with Gasteiger partial charge in [0.1, 0.15) is 12.4 Å². The minimum atomic E-state index is -0.108. The first kappa shape index (κ1) is 18.8. The lowest BCUT2D eigenvalue weighted by Crippen LogP contribution is -2.43. The standard InChI is InChI=1S/C19H25N5O3/c1-12-7-14(22-21-12)10-20-18(25)9-15-11-27-17-6-5-13(19(26)23(2)3)8-16(17)24(15)4/h5-8,15H,9-11H2,1-4H3,(H,20,25)(H,21,22)/t15-/m1/s1. The third kappa shape index (κ3) is 4.21. The summed E-state index contributed by atoms with van der Waals surface area (Å²) in [5.41, 5.74) is 3.16. The number of rotatable bonds is 5. The number of nitrogens with one attached hydrogen (secondary N) is 2. The van der Waals surface area contributed by atoms with Crippen LogP contribution < -0.4 is 15.0 Å². The number of aromatic amines is 1. The van der Waals surface area contributed by atoms with Gasteiger partial charge in [-0.25, -0.2) is 0 Å². The average molecular weight is 371 g/mol. The van der Waals surface area contributed by atoms with Crippen molar-refractivity contribution in [1.82, 2.24) is 20.4 Å². The predicted molar refractivity (Wildman–Crippen MR) is 102 cm³/mol. The average Bonchev–Trinajstić information content (AvgIpc) is 3.07. The lowest BCUT2D eigenvalue weighted by atomic mass is 10.1. The van der Waals surface area contributed by atoms with E-state index in [1.165, 1.54) is 4.90 Å². The summed E-state index contributed by atoms with van der Waals surface area (Å²) < 4.78 is 5.80. The quantitative estimate of drug-likeness (QED) is 0.827. The fourth-order valence-corrected chi connectivity index (χ4v) is 3.04. The number of aromatic nitrogens is 2. The summed E-state index contributed by atoms with van der Waals surface area (Å²) in [5.74, 6) is 0.580. The van der Waals surface area contributed by atoms with Crippen LogP contribution in [0.2, 0.25) is 0 Å². The number of hydrogen-bond donors (Lipinski definition) is 2. The van der Waals surface area contributed by atoms with Gasteiger partial charge < -0.3 is 19.9 Å². The molecule has 0 aliphatic carbocycles. The first-order valence-corrected chi connectivity index (χ1v) is 8.84. The number of anilines is 1. The Morgan fingerprint density at radius 1 is 1.37 bits per heavy atom. The molecule has 8 nitrogen and oxygen atoms in total. The summed E-state index contributed by atoms with van der Waals surface area (Å²) >= 11 is 0. The molecule has 0 saturated heterocycles. The second kappa shape index (κ2) is 7.69. The first-order chi connectivity index (χ1) is 12.8. The van der Waals surface area contributed by atoms with Gasteiger partial charge in [0.15, 0.2) is 0 Å². The van der Waals surface area contributed by atoms with Gasteiger partial charge in [0.25, 0.3) is 5.91 Å². The Kier molecular flexibility index (Phi) is 5.34. The zero-order valence-corrected chi connectivity index (χ0v) is 16.1. The molecule has 0 bridgehead atoms. The minimum Gasteiger partial charge on any atom is -0.489 e. The molecule has 1 aliphatic rings. The largest absolute Gasteiger partial charge is 0.489 e. The minimum absolute atomic E-state index is 0.0691. The number of likely N-dealkylation sites (N-methyl/N-ethyl adjacent to an activating group) is 1. The number of fused-ring (bicyclic) bond motifs is 1. The van der Waals surface area contributed by atoms with Gasteiger partial charge in [-0.05, 0) is 31.2 Å². The second-order valence-corrected chi connectivity index (χ2v) is 6.98. The van der Waals surface area contributed by atoms with E-state index in [-0.39, 0.29) is 17.9 Å². The zero-order valence-electron chi connectivity index (χ0n) is 16.1. The Balaban J connectivity index is 1.64. The molecule has 8 heteroatoms. The summed E-state index contributed by atoms with van der Waals surface area (Å²) in [5, 5.41) is 9.85. The number of amides is 2. The van der Waals surface area contributed by atoms with Gasteiger partial charge in [-0.15, -0.1) is 0 Å². The molecule has 0 radical (unpaired) electrons. The van der Waals surface area contributed by atoms with Crippen LogP contribution in [0.25, 0.3) is 0 Å². The van der Waals surface area contributed by atoms with Crippen LogP contribution in [0, 0.1) is 6.92 Å². The highest BCUT2D eigenvalue weighted by Crippen LogP contribution is 2.34. The van der Waals surface area contributed by atoms with Crippen LogP contribution in [0.15, 0.2) is 24.3 Å². The summed E-state index contributed by atoms with van der Waals surface area (Å²) in [7, 11) is 5.35. The van der Waals surface area contributed by atoms with E-state index < -0.39 is 0 Å². The van der Waals surface area contributed by atoms with E-state index in [1.54, 1.807) is 26.2 Å². The maximum atomic E-state index is 12.3. The Morgan fingerprint density at radius 3 is 2.81 bits per heavy atom. The molecule has 0 spiro atoms. The van der Waals surface area contributed by atoms with E-state index in [9.17, 15) is 9.59 Å². The van der Waals surface area contributed by atoms with Crippen LogP contribution in [0.1, 0.15) is 28.2 Å². The molecule has 2 N–H and O–H groups in total. The van der Waals surface area contributed by atoms with E-state index in [0.29, 0.717) is 25.1 Å². The number of nitrogens with zero attached hydrogens (tertiary/aromatic N) is 3. The zero-order chi connectivity index (χ0) is 19.6. The van der Waals surface area contributed by atoms with Crippen LogP contribution >= 0.6 is 0 Å². The lowest BCUT2D eigenvalue weighted by Gasteiger charge is -2.35. The van der Waals surface area contributed by atoms with Crippen LogP contribution in [-0.4, -0.2) is 60.7 Å². The monoisotopic (exact) mass is 371 g/mol. The number of ether oxygens (including phenoxy) is 1. The van der Waals surface area contributed by atoms with Crippen molar-refractivity contribution in [3.05, 3.63) is 41.2 Å². The molecule has 1 atom stereocenters. The first-order valence-electron chi connectivity index (χ1n) is 8.84. The molecule has 2 aromatic rings. The number of aryl methyl sites for hydroxylation is 1. The van der Waals surface area contributed by atoms with Crippen LogP contribution in [0.5, 0.6) is 5.75 Å². The van der Waals surface area contributed by atoms with E-state index >= 15 is 0 Å². The Bertz CT molecular complexity index is 846. The molecule has 1 aromatic carbocycles. The molecule has 3 rings (SSSR count). The summed E-state index contributed by atoms with van der Waals surface area (Å²) in [6.45, 7) is 2.72. The van der Waals surface area contributed by atoms with E-state index in [2.05, 4.69) is 15.5 Å². The number of carbonyl (C=O) groups is 2. The predicted octanol–water partition coefficient (Wildman–Crippen LogP) is 1.32. The molecule has 0 fully saturated rings. The number of benzene rings is 1. The Hall–Kier alpha value is -3.03. The molecular weight excluding hydrogens is 346 g/mol.